The van der Waals surface area contributed by atoms with Gasteiger partial charge in [-0.1, -0.05) is 6.07 Å². The molecule has 1 aliphatic rings. The standard InChI is InChI=1S/C15H20N4O3/c16-13(20)9-18-15(22)11-4-5-14(21)19(10-11)8-6-12-3-1-2-7-17-12/h1-3,7,11H,4-6,8-10H2,(H2,16,20)(H,18,22)/t11-/m1/s1. The number of hydrogen-bond donors (Lipinski definition) is 2. The number of amides is 3. The molecule has 22 heavy (non-hydrogen) atoms. The Bertz CT molecular complexity index is 547. The van der Waals surface area contributed by atoms with Crippen LogP contribution in [0.2, 0.25) is 0 Å². The van der Waals surface area contributed by atoms with Gasteiger partial charge in [0, 0.05) is 37.8 Å². The van der Waals surface area contributed by atoms with Crippen LogP contribution in [0, 0.1) is 5.92 Å². The van der Waals surface area contributed by atoms with Crippen molar-refractivity contribution in [1.29, 1.82) is 0 Å². The molecule has 0 bridgehead atoms. The molecule has 7 nitrogen and oxygen atoms in total. The maximum atomic E-state index is 12.0. The number of likely N-dealkylation sites (tertiary alicyclic amines) is 1. The van der Waals surface area contributed by atoms with Crippen molar-refractivity contribution in [3.8, 4) is 0 Å². The molecule has 0 saturated carbocycles. The molecule has 1 aromatic rings. The minimum Gasteiger partial charge on any atom is -0.368 e. The summed E-state index contributed by atoms with van der Waals surface area (Å²) in [4.78, 5) is 40.5. The van der Waals surface area contributed by atoms with Crippen molar-refractivity contribution in [1.82, 2.24) is 15.2 Å². The van der Waals surface area contributed by atoms with Crippen LogP contribution in [-0.2, 0) is 20.8 Å². The van der Waals surface area contributed by atoms with E-state index in [-0.39, 0.29) is 24.3 Å². The van der Waals surface area contributed by atoms with Crippen molar-refractivity contribution in [3.63, 3.8) is 0 Å². The lowest BCUT2D eigenvalue weighted by Crippen LogP contribution is -2.47. The molecular formula is C15H20N4O3. The summed E-state index contributed by atoms with van der Waals surface area (Å²) in [6, 6.07) is 5.65. The van der Waals surface area contributed by atoms with Gasteiger partial charge in [-0.15, -0.1) is 0 Å². The van der Waals surface area contributed by atoms with Gasteiger partial charge < -0.3 is 16.0 Å². The first-order chi connectivity index (χ1) is 10.6. The lowest BCUT2D eigenvalue weighted by molar-refractivity contribution is -0.138. The second-order valence-corrected chi connectivity index (χ2v) is 5.33. The van der Waals surface area contributed by atoms with E-state index in [1.807, 2.05) is 18.2 Å². The smallest absolute Gasteiger partial charge is 0.236 e. The quantitative estimate of drug-likeness (QED) is 0.736. The molecule has 118 valence electrons. The Morgan fingerprint density at radius 1 is 1.41 bits per heavy atom. The van der Waals surface area contributed by atoms with Gasteiger partial charge >= 0.3 is 0 Å². The molecule has 7 heteroatoms. The van der Waals surface area contributed by atoms with Crippen molar-refractivity contribution in [2.45, 2.75) is 19.3 Å². The van der Waals surface area contributed by atoms with Crippen LogP contribution >= 0.6 is 0 Å². The summed E-state index contributed by atoms with van der Waals surface area (Å²) in [6.45, 7) is 0.739. The highest BCUT2D eigenvalue weighted by molar-refractivity contribution is 5.87. The Hall–Kier alpha value is -2.44. The van der Waals surface area contributed by atoms with E-state index in [1.54, 1.807) is 11.1 Å². The Morgan fingerprint density at radius 3 is 2.91 bits per heavy atom. The van der Waals surface area contributed by atoms with E-state index in [2.05, 4.69) is 10.3 Å². The highest BCUT2D eigenvalue weighted by Gasteiger charge is 2.29. The molecule has 3 N–H and O–H groups in total. The number of primary amides is 1. The van der Waals surface area contributed by atoms with Gasteiger partial charge in [-0.2, -0.15) is 0 Å². The summed E-state index contributed by atoms with van der Waals surface area (Å²) >= 11 is 0. The van der Waals surface area contributed by atoms with Gasteiger partial charge in [0.25, 0.3) is 0 Å². The zero-order valence-electron chi connectivity index (χ0n) is 12.3. The van der Waals surface area contributed by atoms with E-state index >= 15 is 0 Å². The van der Waals surface area contributed by atoms with Crippen molar-refractivity contribution < 1.29 is 14.4 Å². The zero-order chi connectivity index (χ0) is 15.9. The second-order valence-electron chi connectivity index (χ2n) is 5.33. The van der Waals surface area contributed by atoms with Crippen LogP contribution in [-0.4, -0.2) is 47.2 Å². The third-order valence-corrected chi connectivity index (χ3v) is 3.67. The summed E-state index contributed by atoms with van der Waals surface area (Å²) in [5.74, 6) is -1.04. The van der Waals surface area contributed by atoms with Gasteiger partial charge in [0.2, 0.25) is 17.7 Å². The Balaban J connectivity index is 1.86. The molecular weight excluding hydrogens is 284 g/mol. The molecule has 1 fully saturated rings. The number of nitrogens with zero attached hydrogens (tertiary/aromatic N) is 2. The normalized spacial score (nSPS) is 18.1. The predicted octanol–water partition coefficient (Wildman–Crippen LogP) is -0.536. The van der Waals surface area contributed by atoms with Crippen LogP contribution < -0.4 is 11.1 Å². The first-order valence-corrected chi connectivity index (χ1v) is 7.30. The number of piperidine rings is 1. The summed E-state index contributed by atoms with van der Waals surface area (Å²) in [5, 5.41) is 2.50. The average Bonchev–Trinajstić information content (AvgIpc) is 2.52. The van der Waals surface area contributed by atoms with Gasteiger partial charge in [-0.3, -0.25) is 19.4 Å². The second kappa shape index (κ2) is 7.53. The Labute approximate surface area is 128 Å². The highest BCUT2D eigenvalue weighted by Crippen LogP contribution is 2.18. The van der Waals surface area contributed by atoms with Crippen LogP contribution in [0.4, 0.5) is 0 Å². The lowest BCUT2D eigenvalue weighted by atomic mass is 9.96. The number of aromatic nitrogens is 1. The molecule has 0 unspecified atom stereocenters. The SMILES string of the molecule is NC(=O)CNC(=O)[C@@H]1CCC(=O)N(CCc2ccccn2)C1. The number of carbonyl (C=O) groups is 3. The number of rotatable bonds is 6. The summed E-state index contributed by atoms with van der Waals surface area (Å²) in [6.07, 6.45) is 3.22. The van der Waals surface area contributed by atoms with Crippen LogP contribution in [0.1, 0.15) is 18.5 Å². The van der Waals surface area contributed by atoms with Crippen molar-refractivity contribution in [3.05, 3.63) is 30.1 Å². The van der Waals surface area contributed by atoms with Crippen molar-refractivity contribution in [2.75, 3.05) is 19.6 Å². The first kappa shape index (κ1) is 15.9. The fourth-order valence-corrected chi connectivity index (χ4v) is 2.46. The molecule has 1 aliphatic heterocycles. The van der Waals surface area contributed by atoms with Crippen LogP contribution in [0.25, 0.3) is 0 Å². The zero-order valence-corrected chi connectivity index (χ0v) is 12.3. The maximum absolute atomic E-state index is 12.0. The molecule has 1 aromatic heterocycles. The molecule has 3 amide bonds. The van der Waals surface area contributed by atoms with E-state index in [9.17, 15) is 14.4 Å². The Kier molecular flexibility index (Phi) is 5.46. The van der Waals surface area contributed by atoms with Crippen LogP contribution in [0.5, 0.6) is 0 Å². The number of carbonyl (C=O) groups excluding carboxylic acids is 3. The minimum absolute atomic E-state index is 0.0508. The first-order valence-electron chi connectivity index (χ1n) is 7.30. The van der Waals surface area contributed by atoms with Crippen molar-refractivity contribution in [2.24, 2.45) is 11.7 Å². The predicted molar refractivity (Wildman–Crippen MR) is 79.4 cm³/mol. The molecule has 0 spiro atoms. The van der Waals surface area contributed by atoms with Gasteiger partial charge in [0.1, 0.15) is 0 Å². The largest absolute Gasteiger partial charge is 0.368 e. The third kappa shape index (κ3) is 4.54. The molecule has 0 radical (unpaired) electrons. The third-order valence-electron chi connectivity index (χ3n) is 3.67. The minimum atomic E-state index is -0.577. The van der Waals surface area contributed by atoms with Crippen LogP contribution in [0.3, 0.4) is 0 Å². The molecule has 0 aliphatic carbocycles. The number of nitrogens with two attached hydrogens (primary N) is 1. The molecule has 2 heterocycles. The van der Waals surface area contributed by atoms with E-state index in [4.69, 9.17) is 5.73 Å². The molecule has 0 aromatic carbocycles. The summed E-state index contributed by atoms with van der Waals surface area (Å²) in [5.41, 5.74) is 5.92. The number of nitrogens with one attached hydrogen (secondary N) is 1. The van der Waals surface area contributed by atoms with Gasteiger partial charge in [-0.25, -0.2) is 0 Å². The Morgan fingerprint density at radius 2 is 2.23 bits per heavy atom. The monoisotopic (exact) mass is 304 g/mol. The summed E-state index contributed by atoms with van der Waals surface area (Å²) in [7, 11) is 0. The van der Waals surface area contributed by atoms with Gasteiger partial charge in [-0.05, 0) is 18.6 Å². The molecule has 1 saturated heterocycles. The summed E-state index contributed by atoms with van der Waals surface area (Å²) < 4.78 is 0. The van der Waals surface area contributed by atoms with E-state index in [0.717, 1.165) is 5.69 Å². The topological polar surface area (TPSA) is 105 Å². The van der Waals surface area contributed by atoms with Crippen molar-refractivity contribution >= 4 is 17.7 Å². The molecule has 1 atom stereocenters. The number of pyridine rings is 1. The lowest BCUT2D eigenvalue weighted by Gasteiger charge is -2.31. The highest BCUT2D eigenvalue weighted by atomic mass is 16.2. The van der Waals surface area contributed by atoms with E-state index < -0.39 is 5.91 Å². The van der Waals surface area contributed by atoms with Gasteiger partial charge in [0.15, 0.2) is 0 Å². The van der Waals surface area contributed by atoms with E-state index in [0.29, 0.717) is 32.4 Å². The molecule has 2 rings (SSSR count). The fraction of sp³-hybridized carbons (Fsp3) is 0.467. The maximum Gasteiger partial charge on any atom is 0.236 e. The fourth-order valence-electron chi connectivity index (χ4n) is 2.46. The van der Waals surface area contributed by atoms with Gasteiger partial charge in [0.05, 0.1) is 12.5 Å². The average molecular weight is 304 g/mol. The number of hydrogen-bond acceptors (Lipinski definition) is 4. The van der Waals surface area contributed by atoms with E-state index in [1.165, 1.54) is 0 Å². The van der Waals surface area contributed by atoms with Crippen LogP contribution in [0.15, 0.2) is 24.4 Å².